The summed E-state index contributed by atoms with van der Waals surface area (Å²) in [7, 11) is 0. The summed E-state index contributed by atoms with van der Waals surface area (Å²) in [5.41, 5.74) is 1.89. The molecule has 170 valence electrons. The van der Waals surface area contributed by atoms with Crippen LogP contribution in [-0.4, -0.2) is 36.2 Å². The molecule has 3 rings (SSSR count). The maximum atomic E-state index is 12.8. The fourth-order valence-corrected chi connectivity index (χ4v) is 5.32. The topological polar surface area (TPSA) is 78.9 Å². The van der Waals surface area contributed by atoms with Crippen LogP contribution in [0, 0.1) is 17.3 Å². The van der Waals surface area contributed by atoms with Gasteiger partial charge < -0.3 is 14.2 Å². The zero-order valence-corrected chi connectivity index (χ0v) is 19.6. The first-order valence-electron chi connectivity index (χ1n) is 11.2. The van der Waals surface area contributed by atoms with Crippen molar-refractivity contribution in [1.82, 2.24) is 0 Å². The summed E-state index contributed by atoms with van der Waals surface area (Å²) in [4.78, 5) is 37.6. The molecule has 1 heterocycles. The largest absolute Gasteiger partial charge is 0.459 e. The lowest BCUT2D eigenvalue weighted by molar-refractivity contribution is -0.184. The molecule has 2 aliphatic carbocycles. The number of ether oxygens (including phenoxy) is 3. The predicted octanol–water partition coefficient (Wildman–Crippen LogP) is 4.44. The Labute approximate surface area is 184 Å². The van der Waals surface area contributed by atoms with Crippen molar-refractivity contribution >= 4 is 17.9 Å². The van der Waals surface area contributed by atoms with E-state index in [9.17, 15) is 14.4 Å². The quantitative estimate of drug-likeness (QED) is 0.373. The highest BCUT2D eigenvalue weighted by Gasteiger charge is 2.61. The number of rotatable bonds is 4. The Balaban J connectivity index is 2.01. The number of carbonyl (C=O) groups excluding carboxylic acids is 3. The molecular formula is C25H34O6. The van der Waals surface area contributed by atoms with E-state index >= 15 is 0 Å². The van der Waals surface area contributed by atoms with Crippen molar-refractivity contribution in [2.45, 2.75) is 86.0 Å². The number of carbonyl (C=O) groups is 3. The van der Waals surface area contributed by atoms with E-state index in [-0.39, 0.29) is 36.0 Å². The molecule has 6 atom stereocenters. The third-order valence-corrected chi connectivity index (χ3v) is 7.89. The number of hydrogen-bond acceptors (Lipinski definition) is 6. The number of allylic oxidation sites excluding steroid dienone is 2. The minimum absolute atomic E-state index is 0.0690. The van der Waals surface area contributed by atoms with Gasteiger partial charge in [-0.3, -0.25) is 0 Å². The van der Waals surface area contributed by atoms with Crippen LogP contribution in [-0.2, 0) is 28.6 Å². The second kappa shape index (κ2) is 8.64. The van der Waals surface area contributed by atoms with Crippen molar-refractivity contribution in [3.05, 3.63) is 34.4 Å². The molecule has 6 nitrogen and oxygen atoms in total. The second-order valence-electron chi connectivity index (χ2n) is 9.31. The van der Waals surface area contributed by atoms with Gasteiger partial charge in [-0.1, -0.05) is 26.0 Å². The number of esters is 3. The van der Waals surface area contributed by atoms with E-state index in [0.717, 1.165) is 18.4 Å². The van der Waals surface area contributed by atoms with E-state index in [1.54, 1.807) is 39.8 Å². The highest BCUT2D eigenvalue weighted by atomic mass is 16.6. The summed E-state index contributed by atoms with van der Waals surface area (Å²) in [6.07, 6.45) is 4.45. The summed E-state index contributed by atoms with van der Waals surface area (Å²) >= 11 is 0. The zero-order chi connectivity index (χ0) is 23.1. The SMILES string of the molecule is C/C=C(/C)C(=O)O[C@H]1CC[C@@H]2C[C@@H]3OC(=O)C(C)=C3[C@@H](OC(=O)/C(C)=C\C)[C@]2(C)[C@H]1C. The Morgan fingerprint density at radius 3 is 2.23 bits per heavy atom. The lowest BCUT2D eigenvalue weighted by Crippen LogP contribution is -2.58. The minimum atomic E-state index is -0.607. The maximum Gasteiger partial charge on any atom is 0.334 e. The monoisotopic (exact) mass is 430 g/mol. The van der Waals surface area contributed by atoms with Crippen LogP contribution < -0.4 is 0 Å². The van der Waals surface area contributed by atoms with Gasteiger partial charge >= 0.3 is 17.9 Å². The molecule has 31 heavy (non-hydrogen) atoms. The molecule has 0 N–H and O–H groups in total. The van der Waals surface area contributed by atoms with Gasteiger partial charge in [0, 0.05) is 33.6 Å². The normalized spacial score (nSPS) is 35.8. The van der Waals surface area contributed by atoms with Gasteiger partial charge in [0.1, 0.15) is 18.3 Å². The van der Waals surface area contributed by atoms with Crippen LogP contribution in [0.3, 0.4) is 0 Å². The standard InChI is InChI=1S/C25H34O6/c1-8-13(3)22(26)29-18-11-10-17-12-19-20(15(5)24(28)30-19)21(25(17,7)16(18)6)31-23(27)14(4)9-2/h8-9,16-19,21H,10-12H2,1-7H3/b13-8-,14-9-/t16-,17+,18-,19-,21+,25+/m0/s1. The van der Waals surface area contributed by atoms with E-state index in [1.807, 2.05) is 6.92 Å². The molecule has 0 radical (unpaired) electrons. The molecule has 0 unspecified atom stereocenters. The molecule has 2 fully saturated rings. The molecule has 0 aromatic heterocycles. The average Bonchev–Trinajstić information content (AvgIpc) is 3.03. The van der Waals surface area contributed by atoms with Gasteiger partial charge in [-0.15, -0.1) is 0 Å². The average molecular weight is 431 g/mol. The van der Waals surface area contributed by atoms with E-state index in [4.69, 9.17) is 14.2 Å². The third-order valence-electron chi connectivity index (χ3n) is 7.89. The second-order valence-corrected chi connectivity index (χ2v) is 9.31. The van der Waals surface area contributed by atoms with Gasteiger partial charge in [0.05, 0.1) is 0 Å². The van der Waals surface area contributed by atoms with Crippen molar-refractivity contribution in [1.29, 1.82) is 0 Å². The first-order valence-corrected chi connectivity index (χ1v) is 11.2. The summed E-state index contributed by atoms with van der Waals surface area (Å²) < 4.78 is 17.6. The lowest BCUT2D eigenvalue weighted by Gasteiger charge is -2.56. The van der Waals surface area contributed by atoms with Crippen LogP contribution in [0.4, 0.5) is 0 Å². The van der Waals surface area contributed by atoms with Gasteiger partial charge in [-0.05, 0) is 59.8 Å². The molecular weight excluding hydrogens is 396 g/mol. The molecule has 0 saturated heterocycles. The van der Waals surface area contributed by atoms with Crippen LogP contribution in [0.25, 0.3) is 0 Å². The van der Waals surface area contributed by atoms with Crippen molar-refractivity contribution in [2.75, 3.05) is 0 Å². The van der Waals surface area contributed by atoms with Crippen LogP contribution in [0.1, 0.15) is 67.7 Å². The molecule has 3 aliphatic rings. The van der Waals surface area contributed by atoms with Gasteiger partial charge in [-0.2, -0.15) is 0 Å². The number of fused-ring (bicyclic) bond motifs is 2. The van der Waals surface area contributed by atoms with E-state index in [2.05, 4.69) is 13.8 Å². The van der Waals surface area contributed by atoms with Crippen LogP contribution in [0.2, 0.25) is 0 Å². The first kappa shape index (κ1) is 23.3. The Morgan fingerprint density at radius 1 is 1.06 bits per heavy atom. The zero-order valence-electron chi connectivity index (χ0n) is 19.6. The Morgan fingerprint density at radius 2 is 1.65 bits per heavy atom. The van der Waals surface area contributed by atoms with Gasteiger partial charge in [0.25, 0.3) is 0 Å². The summed E-state index contributed by atoms with van der Waals surface area (Å²) in [5, 5.41) is 0. The molecule has 0 spiro atoms. The Bertz CT molecular complexity index is 878. The lowest BCUT2D eigenvalue weighted by atomic mass is 9.52. The molecule has 0 amide bonds. The highest BCUT2D eigenvalue weighted by Crippen LogP contribution is 2.58. The van der Waals surface area contributed by atoms with Gasteiger partial charge in [0.2, 0.25) is 0 Å². The van der Waals surface area contributed by atoms with E-state index < -0.39 is 17.5 Å². The van der Waals surface area contributed by atoms with Crippen LogP contribution in [0.5, 0.6) is 0 Å². The molecule has 6 heteroatoms. The molecule has 0 bridgehead atoms. The highest BCUT2D eigenvalue weighted by molar-refractivity contribution is 5.93. The molecule has 2 saturated carbocycles. The van der Waals surface area contributed by atoms with Crippen molar-refractivity contribution in [3.8, 4) is 0 Å². The first-order chi connectivity index (χ1) is 14.6. The van der Waals surface area contributed by atoms with Crippen molar-refractivity contribution in [3.63, 3.8) is 0 Å². The fraction of sp³-hybridized carbons (Fsp3) is 0.640. The van der Waals surface area contributed by atoms with Gasteiger partial charge in [0.15, 0.2) is 0 Å². The Kier molecular flexibility index (Phi) is 6.49. The smallest absolute Gasteiger partial charge is 0.334 e. The van der Waals surface area contributed by atoms with Gasteiger partial charge in [-0.25, -0.2) is 14.4 Å². The van der Waals surface area contributed by atoms with Crippen molar-refractivity contribution in [2.24, 2.45) is 17.3 Å². The summed E-state index contributed by atoms with van der Waals surface area (Å²) in [5.74, 6) is -0.950. The predicted molar refractivity (Wildman–Crippen MR) is 116 cm³/mol. The number of hydrogen-bond donors (Lipinski definition) is 0. The third kappa shape index (κ3) is 3.85. The Hall–Kier alpha value is -2.37. The van der Waals surface area contributed by atoms with E-state index in [0.29, 0.717) is 23.1 Å². The molecule has 1 aliphatic heterocycles. The van der Waals surface area contributed by atoms with E-state index in [1.165, 1.54) is 0 Å². The summed E-state index contributed by atoms with van der Waals surface area (Å²) in [6, 6.07) is 0. The molecule has 0 aromatic rings. The summed E-state index contributed by atoms with van der Waals surface area (Å²) in [6.45, 7) is 13.0. The fourth-order valence-electron chi connectivity index (χ4n) is 5.32. The minimum Gasteiger partial charge on any atom is -0.459 e. The maximum absolute atomic E-state index is 12.8. The van der Waals surface area contributed by atoms with Crippen LogP contribution >= 0.6 is 0 Å². The van der Waals surface area contributed by atoms with Crippen LogP contribution in [0.15, 0.2) is 34.4 Å². The van der Waals surface area contributed by atoms with Crippen molar-refractivity contribution < 1.29 is 28.6 Å². The molecule has 0 aromatic carbocycles.